The van der Waals surface area contributed by atoms with Crippen molar-refractivity contribution < 1.29 is 14.3 Å². The molecule has 2 N–H and O–H groups in total. The Kier molecular flexibility index (Phi) is 5.99. The van der Waals surface area contributed by atoms with Crippen LogP contribution in [0.5, 0.6) is 5.75 Å². The summed E-state index contributed by atoms with van der Waals surface area (Å²) in [4.78, 5) is 24.8. The number of amides is 2. The second-order valence-corrected chi connectivity index (χ2v) is 7.46. The number of hydrogen-bond acceptors (Lipinski definition) is 3. The summed E-state index contributed by atoms with van der Waals surface area (Å²) in [6, 6.07) is 16.6. The number of benzene rings is 3. The van der Waals surface area contributed by atoms with Crippen LogP contribution in [0.15, 0.2) is 59.1 Å². The quantitative estimate of drug-likeness (QED) is 0.553. The maximum absolute atomic E-state index is 12.9. The molecule has 2 amide bonds. The molecule has 0 radical (unpaired) electrons. The van der Waals surface area contributed by atoms with Crippen molar-refractivity contribution in [2.45, 2.75) is 13.8 Å². The molecule has 0 saturated carbocycles. The molecule has 5 nitrogen and oxygen atoms in total. The molecule has 144 valence electrons. The number of ether oxygens (including phenoxy) is 1. The van der Waals surface area contributed by atoms with Crippen molar-refractivity contribution in [3.63, 3.8) is 0 Å². The van der Waals surface area contributed by atoms with Crippen LogP contribution in [0.1, 0.15) is 24.2 Å². The van der Waals surface area contributed by atoms with Gasteiger partial charge in [-0.05, 0) is 51.0 Å². The lowest BCUT2D eigenvalue weighted by atomic mass is 10.0. The van der Waals surface area contributed by atoms with E-state index in [1.807, 2.05) is 38.1 Å². The highest BCUT2D eigenvalue weighted by Crippen LogP contribution is 2.37. The zero-order valence-electron chi connectivity index (χ0n) is 15.9. The predicted octanol–water partition coefficient (Wildman–Crippen LogP) is 5.46. The van der Waals surface area contributed by atoms with Gasteiger partial charge in [0.2, 0.25) is 5.91 Å². The van der Waals surface area contributed by atoms with Gasteiger partial charge in [0.05, 0.1) is 17.1 Å². The van der Waals surface area contributed by atoms with E-state index in [9.17, 15) is 9.59 Å². The summed E-state index contributed by atoms with van der Waals surface area (Å²) in [5.74, 6) is -0.0304. The lowest BCUT2D eigenvalue weighted by molar-refractivity contribution is -0.118. The van der Waals surface area contributed by atoms with Crippen LogP contribution in [-0.4, -0.2) is 18.9 Å². The van der Waals surface area contributed by atoms with E-state index < -0.39 is 0 Å². The molecule has 0 bridgehead atoms. The number of carbonyl (C=O) groups is 2. The number of halogens is 1. The molecule has 0 atom stereocenters. The topological polar surface area (TPSA) is 67.4 Å². The van der Waals surface area contributed by atoms with Crippen LogP contribution in [0.4, 0.5) is 11.4 Å². The second-order valence-electron chi connectivity index (χ2n) is 6.67. The van der Waals surface area contributed by atoms with Gasteiger partial charge in [-0.15, -0.1) is 0 Å². The summed E-state index contributed by atoms with van der Waals surface area (Å²) < 4.78 is 6.21. The monoisotopic (exact) mass is 440 g/mol. The van der Waals surface area contributed by atoms with Crippen molar-refractivity contribution in [2.24, 2.45) is 5.92 Å². The molecule has 3 rings (SSSR count). The van der Waals surface area contributed by atoms with Crippen LogP contribution < -0.4 is 15.4 Å². The van der Waals surface area contributed by atoms with E-state index in [0.717, 1.165) is 15.2 Å². The van der Waals surface area contributed by atoms with Crippen LogP contribution in [0, 0.1) is 5.92 Å². The molecular formula is C22H21BrN2O3. The molecule has 0 saturated heterocycles. The summed E-state index contributed by atoms with van der Waals surface area (Å²) >= 11 is 3.55. The van der Waals surface area contributed by atoms with Gasteiger partial charge in [-0.25, -0.2) is 0 Å². The lowest BCUT2D eigenvalue weighted by Crippen LogP contribution is -2.18. The van der Waals surface area contributed by atoms with Gasteiger partial charge in [0.1, 0.15) is 5.75 Å². The Balaban J connectivity index is 1.90. The molecule has 0 aliphatic carbocycles. The van der Waals surface area contributed by atoms with Crippen LogP contribution >= 0.6 is 15.9 Å². The summed E-state index contributed by atoms with van der Waals surface area (Å²) in [7, 11) is 1.54. The zero-order chi connectivity index (χ0) is 20.3. The summed E-state index contributed by atoms with van der Waals surface area (Å²) in [5, 5.41) is 7.60. The van der Waals surface area contributed by atoms with E-state index >= 15 is 0 Å². The Hall–Kier alpha value is -2.86. The minimum Gasteiger partial charge on any atom is -0.495 e. The standard InChI is InChI=1S/C22H21BrN2O3/c1-13(2)21(26)24-15-8-6-9-16(12-15)25-22(27)18-11-14-7-4-5-10-17(14)19(23)20(18)28-3/h4-13H,1-3H3,(H,24,26)(H,25,27). The van der Waals surface area contributed by atoms with Gasteiger partial charge in [0, 0.05) is 17.3 Å². The average molecular weight is 441 g/mol. The summed E-state index contributed by atoms with van der Waals surface area (Å²) in [6.45, 7) is 3.65. The highest BCUT2D eigenvalue weighted by molar-refractivity contribution is 9.10. The summed E-state index contributed by atoms with van der Waals surface area (Å²) in [5.41, 5.74) is 1.63. The van der Waals surface area contributed by atoms with Crippen LogP contribution in [0.25, 0.3) is 10.8 Å². The third-order valence-electron chi connectivity index (χ3n) is 4.30. The fourth-order valence-corrected chi connectivity index (χ4v) is 3.55. The predicted molar refractivity (Wildman–Crippen MR) is 116 cm³/mol. The Morgan fingerprint density at radius 1 is 0.964 bits per heavy atom. The summed E-state index contributed by atoms with van der Waals surface area (Å²) in [6.07, 6.45) is 0. The molecule has 0 aliphatic heterocycles. The normalized spacial score (nSPS) is 10.8. The first-order valence-corrected chi connectivity index (χ1v) is 9.67. The lowest BCUT2D eigenvalue weighted by Gasteiger charge is -2.14. The van der Waals surface area contributed by atoms with Gasteiger partial charge in [-0.3, -0.25) is 9.59 Å². The third kappa shape index (κ3) is 4.17. The number of nitrogens with one attached hydrogen (secondary N) is 2. The van der Waals surface area contributed by atoms with E-state index in [1.54, 1.807) is 30.3 Å². The Labute approximate surface area is 172 Å². The van der Waals surface area contributed by atoms with Crippen LogP contribution in [0.2, 0.25) is 0 Å². The number of fused-ring (bicyclic) bond motifs is 1. The highest BCUT2D eigenvalue weighted by Gasteiger charge is 2.18. The van der Waals surface area contributed by atoms with Gasteiger partial charge < -0.3 is 15.4 Å². The van der Waals surface area contributed by atoms with Crippen molar-refractivity contribution >= 4 is 49.9 Å². The fourth-order valence-electron chi connectivity index (χ4n) is 2.81. The number of anilines is 2. The van der Waals surface area contributed by atoms with Crippen molar-refractivity contribution in [2.75, 3.05) is 17.7 Å². The van der Waals surface area contributed by atoms with Gasteiger partial charge in [0.25, 0.3) is 5.91 Å². The van der Waals surface area contributed by atoms with Crippen LogP contribution in [-0.2, 0) is 4.79 Å². The van der Waals surface area contributed by atoms with Crippen LogP contribution in [0.3, 0.4) is 0 Å². The minimum atomic E-state index is -0.296. The first-order valence-electron chi connectivity index (χ1n) is 8.88. The van der Waals surface area contributed by atoms with Crippen molar-refractivity contribution in [3.05, 3.63) is 64.6 Å². The molecule has 0 spiro atoms. The SMILES string of the molecule is COc1c(C(=O)Nc2cccc(NC(=O)C(C)C)c2)cc2ccccc2c1Br. The van der Waals surface area contributed by atoms with E-state index in [1.165, 1.54) is 7.11 Å². The largest absolute Gasteiger partial charge is 0.495 e. The van der Waals surface area contributed by atoms with E-state index in [0.29, 0.717) is 22.7 Å². The first-order chi connectivity index (χ1) is 13.4. The smallest absolute Gasteiger partial charge is 0.259 e. The number of rotatable bonds is 5. The van der Waals surface area contributed by atoms with Crippen molar-refractivity contribution in [1.29, 1.82) is 0 Å². The molecule has 0 heterocycles. The Morgan fingerprint density at radius 2 is 1.64 bits per heavy atom. The molecule has 3 aromatic carbocycles. The first kappa shape index (κ1) is 19.9. The van der Waals surface area contributed by atoms with E-state index in [-0.39, 0.29) is 17.7 Å². The number of hydrogen-bond donors (Lipinski definition) is 2. The van der Waals surface area contributed by atoms with Crippen molar-refractivity contribution in [3.8, 4) is 5.75 Å². The molecule has 0 unspecified atom stereocenters. The maximum Gasteiger partial charge on any atom is 0.259 e. The highest BCUT2D eigenvalue weighted by atomic mass is 79.9. The molecule has 6 heteroatoms. The minimum absolute atomic E-state index is 0.0800. The molecule has 0 aromatic heterocycles. The molecule has 3 aromatic rings. The second kappa shape index (κ2) is 8.44. The molecule has 28 heavy (non-hydrogen) atoms. The third-order valence-corrected chi connectivity index (χ3v) is 5.09. The molecule has 0 fully saturated rings. The fraction of sp³-hybridized carbons (Fsp3) is 0.182. The van der Waals surface area contributed by atoms with Gasteiger partial charge >= 0.3 is 0 Å². The average Bonchev–Trinajstić information content (AvgIpc) is 2.68. The van der Waals surface area contributed by atoms with Gasteiger partial charge in [-0.1, -0.05) is 44.2 Å². The Bertz CT molecular complexity index is 1050. The Morgan fingerprint density at radius 3 is 2.32 bits per heavy atom. The van der Waals surface area contributed by atoms with E-state index in [4.69, 9.17) is 4.74 Å². The number of methoxy groups -OCH3 is 1. The molecular weight excluding hydrogens is 420 g/mol. The maximum atomic E-state index is 12.9. The van der Waals surface area contributed by atoms with E-state index in [2.05, 4.69) is 26.6 Å². The molecule has 0 aliphatic rings. The van der Waals surface area contributed by atoms with Gasteiger partial charge in [-0.2, -0.15) is 0 Å². The van der Waals surface area contributed by atoms with Crippen molar-refractivity contribution in [1.82, 2.24) is 0 Å². The zero-order valence-corrected chi connectivity index (χ0v) is 17.5. The number of carbonyl (C=O) groups excluding carboxylic acids is 2. The van der Waals surface area contributed by atoms with Gasteiger partial charge in [0.15, 0.2) is 0 Å².